The Labute approximate surface area is 139 Å². The highest BCUT2D eigenvalue weighted by Crippen LogP contribution is 2.22. The van der Waals surface area contributed by atoms with Crippen molar-refractivity contribution >= 4 is 35.5 Å². The number of piperazine rings is 1. The monoisotopic (exact) mass is 332 g/mol. The first-order valence-corrected chi connectivity index (χ1v) is 7.71. The number of rotatable bonds is 4. The van der Waals surface area contributed by atoms with E-state index in [1.165, 1.54) is 0 Å². The van der Waals surface area contributed by atoms with Gasteiger partial charge in [-0.1, -0.05) is 11.6 Å². The van der Waals surface area contributed by atoms with E-state index in [9.17, 15) is 4.79 Å². The Morgan fingerprint density at radius 1 is 1.26 bits per heavy atom. The van der Waals surface area contributed by atoms with Gasteiger partial charge in [0.15, 0.2) is 5.82 Å². The van der Waals surface area contributed by atoms with Gasteiger partial charge in [0, 0.05) is 36.9 Å². The predicted molar refractivity (Wildman–Crippen MR) is 89.1 cm³/mol. The zero-order valence-electron chi connectivity index (χ0n) is 12.7. The lowest BCUT2D eigenvalue weighted by molar-refractivity contribution is -0.118. The van der Waals surface area contributed by atoms with Crippen molar-refractivity contribution < 1.29 is 4.79 Å². The molecule has 0 spiro atoms. The van der Waals surface area contributed by atoms with Gasteiger partial charge in [-0.05, 0) is 30.7 Å². The van der Waals surface area contributed by atoms with Crippen molar-refractivity contribution in [3.05, 3.63) is 35.0 Å². The number of benzene rings is 1. The summed E-state index contributed by atoms with van der Waals surface area (Å²) >= 11 is 5.96. The number of nitrogens with zero attached hydrogens (tertiary/aromatic N) is 5. The Balaban J connectivity index is 1.74. The van der Waals surface area contributed by atoms with E-state index in [1.54, 1.807) is 11.1 Å². The van der Waals surface area contributed by atoms with Crippen LogP contribution in [0.1, 0.15) is 5.56 Å². The van der Waals surface area contributed by atoms with Gasteiger partial charge in [0.25, 0.3) is 0 Å². The first-order chi connectivity index (χ1) is 11.2. The number of carbonyl (C=O) groups excluding carboxylic acids is 1. The molecule has 0 aliphatic carbocycles. The standard InChI is InChI=1S/C15H17ClN6O/c1-11-8-12(16)2-3-13(11)18-15-19-14(9-17-20-15)22-6-4-21(10-23)5-7-22/h2-3,8-10H,4-7H2,1H3,(H,18,19,20). The van der Waals surface area contributed by atoms with Crippen molar-refractivity contribution in [2.45, 2.75) is 6.92 Å². The molecule has 3 rings (SSSR count). The van der Waals surface area contributed by atoms with Crippen molar-refractivity contribution in [3.8, 4) is 0 Å². The van der Waals surface area contributed by atoms with Gasteiger partial charge in [-0.3, -0.25) is 4.79 Å². The number of hydrogen-bond donors (Lipinski definition) is 1. The minimum Gasteiger partial charge on any atom is -0.352 e. The highest BCUT2D eigenvalue weighted by atomic mass is 35.5. The number of hydrogen-bond acceptors (Lipinski definition) is 6. The molecule has 0 atom stereocenters. The molecule has 1 aromatic carbocycles. The van der Waals surface area contributed by atoms with Crippen LogP contribution in [0.15, 0.2) is 24.4 Å². The molecule has 0 saturated carbocycles. The van der Waals surface area contributed by atoms with Crippen molar-refractivity contribution in [2.75, 3.05) is 36.4 Å². The maximum absolute atomic E-state index is 10.8. The molecule has 7 nitrogen and oxygen atoms in total. The van der Waals surface area contributed by atoms with Gasteiger partial charge in [-0.15, -0.1) is 5.10 Å². The van der Waals surface area contributed by atoms with Crippen LogP contribution in [-0.2, 0) is 4.79 Å². The molecule has 1 fully saturated rings. The molecule has 1 saturated heterocycles. The summed E-state index contributed by atoms with van der Waals surface area (Å²) in [5.41, 5.74) is 1.89. The van der Waals surface area contributed by atoms with Crippen molar-refractivity contribution in [3.63, 3.8) is 0 Å². The van der Waals surface area contributed by atoms with Gasteiger partial charge >= 0.3 is 0 Å². The Kier molecular flexibility index (Phi) is 4.57. The van der Waals surface area contributed by atoms with E-state index in [4.69, 9.17) is 11.6 Å². The summed E-state index contributed by atoms with van der Waals surface area (Å²) in [7, 11) is 0. The van der Waals surface area contributed by atoms with E-state index in [-0.39, 0.29) is 0 Å². The summed E-state index contributed by atoms with van der Waals surface area (Å²) in [5, 5.41) is 11.9. The van der Waals surface area contributed by atoms with Crippen molar-refractivity contribution in [2.24, 2.45) is 0 Å². The van der Waals surface area contributed by atoms with Crippen molar-refractivity contribution in [1.29, 1.82) is 0 Å². The minimum atomic E-state index is 0.436. The molecule has 1 aromatic heterocycles. The van der Waals surface area contributed by atoms with Crippen LogP contribution >= 0.6 is 11.6 Å². The Bertz CT molecular complexity index is 702. The summed E-state index contributed by atoms with van der Waals surface area (Å²) in [6.45, 7) is 4.80. The zero-order valence-corrected chi connectivity index (χ0v) is 13.5. The molecule has 120 valence electrons. The van der Waals surface area contributed by atoms with Gasteiger partial charge in [0.1, 0.15) is 0 Å². The number of halogens is 1. The van der Waals surface area contributed by atoms with Crippen LogP contribution < -0.4 is 10.2 Å². The Hall–Kier alpha value is -2.41. The molecule has 1 aliphatic heterocycles. The summed E-state index contributed by atoms with van der Waals surface area (Å²) in [6.07, 6.45) is 2.52. The summed E-state index contributed by atoms with van der Waals surface area (Å²) < 4.78 is 0. The largest absolute Gasteiger partial charge is 0.352 e. The summed E-state index contributed by atoms with van der Waals surface area (Å²) in [4.78, 5) is 19.1. The van der Waals surface area contributed by atoms with E-state index >= 15 is 0 Å². The number of aromatic nitrogens is 3. The van der Waals surface area contributed by atoms with Gasteiger partial charge in [0.05, 0.1) is 6.20 Å². The Morgan fingerprint density at radius 2 is 2.04 bits per heavy atom. The second kappa shape index (κ2) is 6.78. The molecule has 23 heavy (non-hydrogen) atoms. The van der Waals surface area contributed by atoms with Crippen LogP contribution in [0.5, 0.6) is 0 Å². The molecule has 1 amide bonds. The SMILES string of the molecule is Cc1cc(Cl)ccc1Nc1nncc(N2CCN(C=O)CC2)n1. The number of nitrogens with one attached hydrogen (secondary N) is 1. The van der Waals surface area contributed by atoms with Crippen LogP contribution in [0.3, 0.4) is 0 Å². The molecule has 0 radical (unpaired) electrons. The van der Waals surface area contributed by atoms with Crippen LogP contribution in [0.4, 0.5) is 17.5 Å². The average molecular weight is 333 g/mol. The Morgan fingerprint density at radius 3 is 2.74 bits per heavy atom. The molecule has 1 aliphatic rings. The van der Waals surface area contributed by atoms with E-state index < -0.39 is 0 Å². The summed E-state index contributed by atoms with van der Waals surface area (Å²) in [6, 6.07) is 5.57. The van der Waals surface area contributed by atoms with Gasteiger partial charge < -0.3 is 15.1 Å². The second-order valence-electron chi connectivity index (χ2n) is 5.35. The minimum absolute atomic E-state index is 0.436. The van der Waals surface area contributed by atoms with Crippen LogP contribution in [0, 0.1) is 6.92 Å². The molecule has 2 aromatic rings. The predicted octanol–water partition coefficient (Wildman–Crippen LogP) is 1.86. The third-order valence-corrected chi connectivity index (χ3v) is 4.00. The first kappa shape index (κ1) is 15.5. The third kappa shape index (κ3) is 3.68. The number of aryl methyl sites for hydroxylation is 1. The topological polar surface area (TPSA) is 74.2 Å². The normalized spacial score (nSPS) is 14.7. The van der Waals surface area contributed by atoms with Crippen LogP contribution in [0.25, 0.3) is 0 Å². The molecule has 2 heterocycles. The second-order valence-corrected chi connectivity index (χ2v) is 5.79. The average Bonchev–Trinajstić information content (AvgIpc) is 2.58. The van der Waals surface area contributed by atoms with Crippen LogP contribution in [-0.4, -0.2) is 52.7 Å². The number of carbonyl (C=O) groups is 1. The molecule has 0 bridgehead atoms. The summed E-state index contributed by atoms with van der Waals surface area (Å²) in [5.74, 6) is 1.19. The van der Waals surface area contributed by atoms with Crippen LogP contribution in [0.2, 0.25) is 5.02 Å². The maximum Gasteiger partial charge on any atom is 0.249 e. The highest BCUT2D eigenvalue weighted by molar-refractivity contribution is 6.30. The lowest BCUT2D eigenvalue weighted by atomic mass is 10.2. The lowest BCUT2D eigenvalue weighted by Crippen LogP contribution is -2.46. The van der Waals surface area contributed by atoms with Gasteiger partial charge in [-0.2, -0.15) is 10.1 Å². The quantitative estimate of drug-likeness (QED) is 0.861. The van der Waals surface area contributed by atoms with E-state index in [0.29, 0.717) is 24.1 Å². The van der Waals surface area contributed by atoms with Gasteiger partial charge in [-0.25, -0.2) is 0 Å². The highest BCUT2D eigenvalue weighted by Gasteiger charge is 2.17. The fourth-order valence-corrected chi connectivity index (χ4v) is 2.67. The molecular formula is C15H17ClN6O. The molecular weight excluding hydrogens is 316 g/mol. The molecule has 8 heteroatoms. The fraction of sp³-hybridized carbons (Fsp3) is 0.333. The molecule has 1 N–H and O–H groups in total. The van der Waals surface area contributed by atoms with Gasteiger partial charge in [0.2, 0.25) is 12.4 Å². The third-order valence-electron chi connectivity index (χ3n) is 3.77. The smallest absolute Gasteiger partial charge is 0.249 e. The lowest BCUT2D eigenvalue weighted by Gasteiger charge is -2.33. The number of amides is 1. The zero-order chi connectivity index (χ0) is 16.2. The number of anilines is 3. The molecule has 0 unspecified atom stereocenters. The maximum atomic E-state index is 10.8. The van der Waals surface area contributed by atoms with E-state index in [2.05, 4.69) is 25.4 Å². The first-order valence-electron chi connectivity index (χ1n) is 7.33. The van der Waals surface area contributed by atoms with E-state index in [0.717, 1.165) is 36.6 Å². The van der Waals surface area contributed by atoms with E-state index in [1.807, 2.05) is 25.1 Å². The van der Waals surface area contributed by atoms with Crippen molar-refractivity contribution in [1.82, 2.24) is 20.1 Å². The fourth-order valence-electron chi connectivity index (χ4n) is 2.44.